The average molecular weight is 386 g/mol. The zero-order chi connectivity index (χ0) is 19.1. The number of nitrogens with one attached hydrogen (secondary N) is 1. The molecule has 142 valence electrons. The summed E-state index contributed by atoms with van der Waals surface area (Å²) < 4.78 is 0. The highest BCUT2D eigenvalue weighted by Crippen LogP contribution is 2.34. The first-order valence-electron chi connectivity index (χ1n) is 9.28. The molecule has 27 heavy (non-hydrogen) atoms. The van der Waals surface area contributed by atoms with E-state index < -0.39 is 0 Å². The fourth-order valence-electron chi connectivity index (χ4n) is 4.09. The molecule has 6 nitrogen and oxygen atoms in total. The van der Waals surface area contributed by atoms with Gasteiger partial charge in [-0.3, -0.25) is 9.69 Å². The van der Waals surface area contributed by atoms with Crippen LogP contribution in [0.15, 0.2) is 24.3 Å². The lowest BCUT2D eigenvalue weighted by Crippen LogP contribution is -2.69. The Labute approximate surface area is 164 Å². The van der Waals surface area contributed by atoms with Crippen molar-refractivity contribution in [3.05, 3.63) is 46.4 Å². The molecule has 5 rings (SSSR count). The molecule has 2 atom stereocenters. The van der Waals surface area contributed by atoms with Crippen molar-refractivity contribution >= 4 is 29.0 Å². The van der Waals surface area contributed by atoms with Crippen LogP contribution in [-0.4, -0.2) is 52.5 Å². The van der Waals surface area contributed by atoms with Crippen LogP contribution in [-0.2, 0) is 4.79 Å². The first-order valence-corrected chi connectivity index (χ1v) is 9.66. The molecule has 1 aromatic heterocycles. The predicted molar refractivity (Wildman–Crippen MR) is 107 cm³/mol. The maximum Gasteiger partial charge on any atom is 0.238 e. The van der Waals surface area contributed by atoms with Gasteiger partial charge in [0.25, 0.3) is 0 Å². The SMILES string of the molecule is Cc1cc(N2CC3CC(C2)N3CC(=O)Nc2cccc(Cl)c2C)nc(C)n1. The maximum absolute atomic E-state index is 12.5. The number of fused-ring (bicyclic) bond motifs is 2. The zero-order valence-electron chi connectivity index (χ0n) is 15.9. The minimum atomic E-state index is 0.0113. The number of hydrogen-bond acceptors (Lipinski definition) is 5. The second kappa shape index (κ2) is 7.09. The molecule has 3 saturated heterocycles. The Morgan fingerprint density at radius 1 is 1.22 bits per heavy atom. The molecule has 1 amide bonds. The number of piperidine rings is 1. The number of benzene rings is 1. The summed E-state index contributed by atoms with van der Waals surface area (Å²) in [6, 6.07) is 8.40. The number of anilines is 2. The van der Waals surface area contributed by atoms with E-state index in [9.17, 15) is 4.79 Å². The Balaban J connectivity index is 1.37. The molecule has 0 saturated carbocycles. The van der Waals surface area contributed by atoms with Crippen molar-refractivity contribution in [3.63, 3.8) is 0 Å². The molecular weight excluding hydrogens is 362 g/mol. The first-order chi connectivity index (χ1) is 12.9. The number of aryl methyl sites for hydroxylation is 2. The highest BCUT2D eigenvalue weighted by Gasteiger charge is 2.45. The molecular formula is C20H24ClN5O. The van der Waals surface area contributed by atoms with Gasteiger partial charge >= 0.3 is 0 Å². The van der Waals surface area contributed by atoms with E-state index in [4.69, 9.17) is 11.6 Å². The number of hydrogen-bond donors (Lipinski definition) is 1. The van der Waals surface area contributed by atoms with Gasteiger partial charge in [0.15, 0.2) is 0 Å². The van der Waals surface area contributed by atoms with E-state index >= 15 is 0 Å². The molecule has 3 aliphatic rings. The molecule has 1 aromatic carbocycles. The maximum atomic E-state index is 12.5. The summed E-state index contributed by atoms with van der Waals surface area (Å²) in [5.41, 5.74) is 2.67. The number of rotatable bonds is 4. The van der Waals surface area contributed by atoms with Crippen LogP contribution < -0.4 is 10.2 Å². The molecule has 1 N–H and O–H groups in total. The van der Waals surface area contributed by atoms with Gasteiger partial charge < -0.3 is 10.2 Å². The smallest absolute Gasteiger partial charge is 0.238 e. The first kappa shape index (κ1) is 18.2. The molecule has 2 bridgehead atoms. The fourth-order valence-corrected chi connectivity index (χ4v) is 4.26. The molecule has 3 aliphatic heterocycles. The van der Waals surface area contributed by atoms with Crippen molar-refractivity contribution in [2.24, 2.45) is 0 Å². The summed E-state index contributed by atoms with van der Waals surface area (Å²) in [6.45, 7) is 8.05. The third-order valence-electron chi connectivity index (χ3n) is 5.49. The Bertz CT molecular complexity index is 854. The van der Waals surface area contributed by atoms with Crippen molar-refractivity contribution in [2.45, 2.75) is 39.3 Å². The van der Waals surface area contributed by atoms with Gasteiger partial charge in [0.2, 0.25) is 5.91 Å². The van der Waals surface area contributed by atoms with Gasteiger partial charge in [-0.15, -0.1) is 0 Å². The molecule has 2 aromatic rings. The standard InChI is InChI=1S/C20H24ClN5O/c1-12-7-19(23-14(3)22-12)25-9-15-8-16(10-25)26(15)11-20(27)24-18-6-4-5-17(21)13(18)2/h4-7,15-16H,8-11H2,1-3H3,(H,24,27). The van der Waals surface area contributed by atoms with Gasteiger partial charge in [-0.2, -0.15) is 0 Å². The molecule has 3 fully saturated rings. The number of carbonyl (C=O) groups is 1. The van der Waals surface area contributed by atoms with Gasteiger partial charge in [-0.25, -0.2) is 9.97 Å². The third-order valence-corrected chi connectivity index (χ3v) is 5.90. The number of piperazine rings is 1. The molecule has 0 spiro atoms. The summed E-state index contributed by atoms with van der Waals surface area (Å²) in [5.74, 6) is 1.81. The summed E-state index contributed by atoms with van der Waals surface area (Å²) in [6.07, 6.45) is 1.14. The fraction of sp³-hybridized carbons (Fsp3) is 0.450. The quantitative estimate of drug-likeness (QED) is 0.876. The summed E-state index contributed by atoms with van der Waals surface area (Å²) >= 11 is 6.14. The lowest BCUT2D eigenvalue weighted by molar-refractivity contribution is -0.121. The third kappa shape index (κ3) is 3.64. The predicted octanol–water partition coefficient (Wildman–Crippen LogP) is 2.96. The zero-order valence-corrected chi connectivity index (χ0v) is 16.6. The van der Waals surface area contributed by atoms with Crippen LogP contribution in [0.2, 0.25) is 5.02 Å². The van der Waals surface area contributed by atoms with Gasteiger partial charge in [0.05, 0.1) is 6.54 Å². The van der Waals surface area contributed by atoms with E-state index in [2.05, 4.69) is 25.1 Å². The van der Waals surface area contributed by atoms with Crippen LogP contribution in [0.3, 0.4) is 0 Å². The van der Waals surface area contributed by atoms with E-state index in [0.29, 0.717) is 23.7 Å². The summed E-state index contributed by atoms with van der Waals surface area (Å²) in [7, 11) is 0. The average Bonchev–Trinajstić information content (AvgIpc) is 2.63. The van der Waals surface area contributed by atoms with E-state index in [0.717, 1.165) is 48.1 Å². The monoisotopic (exact) mass is 385 g/mol. The number of amides is 1. The second-order valence-electron chi connectivity index (χ2n) is 7.50. The van der Waals surface area contributed by atoms with Crippen LogP contribution in [0, 0.1) is 20.8 Å². The lowest BCUT2D eigenvalue weighted by atomic mass is 9.87. The molecule has 0 radical (unpaired) electrons. The minimum absolute atomic E-state index is 0.0113. The van der Waals surface area contributed by atoms with Crippen LogP contribution >= 0.6 is 11.6 Å². The van der Waals surface area contributed by atoms with E-state index in [1.807, 2.05) is 45.0 Å². The highest BCUT2D eigenvalue weighted by molar-refractivity contribution is 6.31. The highest BCUT2D eigenvalue weighted by atomic mass is 35.5. The number of carbonyl (C=O) groups excluding carboxylic acids is 1. The minimum Gasteiger partial charge on any atom is -0.353 e. The summed E-state index contributed by atoms with van der Waals surface area (Å²) in [5, 5.41) is 3.66. The second-order valence-corrected chi connectivity index (χ2v) is 7.90. The van der Waals surface area contributed by atoms with Gasteiger partial charge in [0.1, 0.15) is 11.6 Å². The number of nitrogens with zero attached hydrogens (tertiary/aromatic N) is 4. The largest absolute Gasteiger partial charge is 0.353 e. The molecule has 2 unspecified atom stereocenters. The lowest BCUT2D eigenvalue weighted by Gasteiger charge is -2.56. The van der Waals surface area contributed by atoms with E-state index in [1.54, 1.807) is 0 Å². The molecule has 7 heteroatoms. The summed E-state index contributed by atoms with van der Waals surface area (Å²) in [4.78, 5) is 26.1. The Hall–Kier alpha value is -2.18. The molecule has 0 aliphatic carbocycles. The van der Waals surface area contributed by atoms with Crippen molar-refractivity contribution in [3.8, 4) is 0 Å². The van der Waals surface area contributed by atoms with Crippen LogP contribution in [0.1, 0.15) is 23.5 Å². The van der Waals surface area contributed by atoms with Crippen molar-refractivity contribution in [1.29, 1.82) is 0 Å². The Kier molecular flexibility index (Phi) is 4.78. The van der Waals surface area contributed by atoms with Crippen molar-refractivity contribution in [2.75, 3.05) is 29.9 Å². The Morgan fingerprint density at radius 3 is 2.67 bits per heavy atom. The van der Waals surface area contributed by atoms with Gasteiger partial charge in [0, 0.05) is 47.6 Å². The van der Waals surface area contributed by atoms with Crippen LogP contribution in [0.25, 0.3) is 0 Å². The van der Waals surface area contributed by atoms with E-state index in [1.165, 1.54) is 0 Å². The topological polar surface area (TPSA) is 61.4 Å². The normalized spacial score (nSPS) is 21.7. The van der Waals surface area contributed by atoms with Gasteiger partial charge in [-0.1, -0.05) is 17.7 Å². The van der Waals surface area contributed by atoms with Crippen molar-refractivity contribution < 1.29 is 4.79 Å². The van der Waals surface area contributed by atoms with Crippen LogP contribution in [0.4, 0.5) is 11.5 Å². The van der Waals surface area contributed by atoms with Crippen LogP contribution in [0.5, 0.6) is 0 Å². The van der Waals surface area contributed by atoms with Gasteiger partial charge in [-0.05, 0) is 44.9 Å². The number of halogens is 1. The van der Waals surface area contributed by atoms with Crippen molar-refractivity contribution in [1.82, 2.24) is 14.9 Å². The molecule has 4 heterocycles. The Morgan fingerprint density at radius 2 is 1.96 bits per heavy atom. The van der Waals surface area contributed by atoms with E-state index in [-0.39, 0.29) is 5.91 Å². The number of aromatic nitrogens is 2.